The maximum Gasteiger partial charge on any atom is 0.673 e. The van der Waals surface area contributed by atoms with E-state index in [1.165, 1.54) is 5.56 Å². The van der Waals surface area contributed by atoms with Gasteiger partial charge in [0.15, 0.2) is 7.05 Å². The third kappa shape index (κ3) is 5.59. The summed E-state index contributed by atoms with van der Waals surface area (Å²) in [6.07, 6.45) is 0. The number of aryl methyl sites for hydroxylation is 3. The summed E-state index contributed by atoms with van der Waals surface area (Å²) >= 11 is 0. The van der Waals surface area contributed by atoms with Gasteiger partial charge in [0.2, 0.25) is 11.5 Å². The van der Waals surface area contributed by atoms with Gasteiger partial charge in [-0.05, 0) is 11.7 Å². The fourth-order valence-electron chi connectivity index (χ4n) is 1.38. The minimum absolute atomic E-state index is 0.921. The molecule has 0 fully saturated rings. The Kier molecular flexibility index (Phi) is 4.75. The topological polar surface area (TPSA) is 17.0 Å². The highest BCUT2D eigenvalue weighted by Gasteiger charge is 2.20. The summed E-state index contributed by atoms with van der Waals surface area (Å²) in [6, 6.07) is 10.4. The number of aromatic nitrogens is 1. The third-order valence-electron chi connectivity index (χ3n) is 2.41. The van der Waals surface area contributed by atoms with Gasteiger partial charge in [-0.3, -0.25) is 0 Å². The zero-order valence-electron chi connectivity index (χ0n) is 10.8. The van der Waals surface area contributed by atoms with E-state index in [0.29, 0.717) is 0 Å². The number of hydrogen-bond donors (Lipinski definition) is 0. The fraction of sp³-hybridized carbons (Fsp3) is 0.250. The van der Waals surface area contributed by atoms with Crippen LogP contribution in [0.5, 0.6) is 0 Å². The maximum atomic E-state index is 9.75. The van der Waals surface area contributed by atoms with E-state index < -0.39 is 7.25 Å². The van der Waals surface area contributed by atoms with Crippen molar-refractivity contribution in [2.75, 3.05) is 0 Å². The summed E-state index contributed by atoms with van der Waals surface area (Å²) in [4.78, 5) is 0. The van der Waals surface area contributed by atoms with Gasteiger partial charge in [0.05, 0.1) is 6.07 Å². The second-order valence-electron chi connectivity index (χ2n) is 4.10. The molecule has 104 valence electrons. The molecule has 0 N–H and O–H groups in total. The van der Waals surface area contributed by atoms with Crippen LogP contribution in [0.15, 0.2) is 34.9 Å². The molecule has 0 atom stereocenters. The molecule has 1 aromatic carbocycles. The first-order valence-electron chi connectivity index (χ1n) is 5.58. The Morgan fingerprint density at radius 1 is 1.00 bits per heavy atom. The summed E-state index contributed by atoms with van der Waals surface area (Å²) in [7, 11) is -4.09. The summed E-state index contributed by atoms with van der Waals surface area (Å²) in [5.41, 5.74) is 3.52. The Morgan fingerprint density at radius 2 is 1.47 bits per heavy atom. The van der Waals surface area contributed by atoms with E-state index in [1.807, 2.05) is 20.0 Å². The van der Waals surface area contributed by atoms with Crippen molar-refractivity contribution in [3.05, 3.63) is 41.6 Å². The van der Waals surface area contributed by atoms with Gasteiger partial charge < -0.3 is 17.3 Å². The normalized spacial score (nSPS) is 10.9. The van der Waals surface area contributed by atoms with E-state index in [-0.39, 0.29) is 0 Å². The van der Waals surface area contributed by atoms with Crippen molar-refractivity contribution >= 4 is 7.25 Å². The van der Waals surface area contributed by atoms with Crippen LogP contribution < -0.4 is 4.74 Å². The van der Waals surface area contributed by atoms with Crippen molar-refractivity contribution in [1.82, 2.24) is 0 Å². The molecule has 2 rings (SSSR count). The zero-order valence-corrected chi connectivity index (χ0v) is 10.8. The van der Waals surface area contributed by atoms with E-state index in [4.69, 9.17) is 4.52 Å². The lowest BCUT2D eigenvalue weighted by atomic mass is 10.1. The molecule has 1 heterocycles. The highest BCUT2D eigenvalue weighted by molar-refractivity contribution is 6.50. The molecule has 0 radical (unpaired) electrons. The summed E-state index contributed by atoms with van der Waals surface area (Å²) in [6.45, 7) is 4.11. The standard InChI is InChI=1S/C12H14NO.BF4/c1-9-4-6-11(7-5-9)12-8-10(2)13(3)14-12;2-1(3,4)5/h4-8H,1-3H3;/q+1;-1. The predicted octanol–water partition coefficient (Wildman–Crippen LogP) is 3.69. The summed E-state index contributed by atoms with van der Waals surface area (Å²) < 4.78 is 46.3. The average molecular weight is 275 g/mol. The van der Waals surface area contributed by atoms with Gasteiger partial charge in [-0.15, -0.1) is 0 Å². The highest BCUT2D eigenvalue weighted by Crippen LogP contribution is 2.19. The molecule has 19 heavy (non-hydrogen) atoms. The van der Waals surface area contributed by atoms with Crippen LogP contribution in [0, 0.1) is 13.8 Å². The Hall–Kier alpha value is -1.79. The van der Waals surface area contributed by atoms with Crippen LogP contribution in [0.2, 0.25) is 0 Å². The van der Waals surface area contributed by atoms with E-state index in [2.05, 4.69) is 31.2 Å². The molecule has 0 unspecified atom stereocenters. The quantitative estimate of drug-likeness (QED) is 0.440. The molecular weight excluding hydrogens is 261 g/mol. The van der Waals surface area contributed by atoms with E-state index in [9.17, 15) is 17.3 Å². The van der Waals surface area contributed by atoms with Crippen molar-refractivity contribution in [3.8, 4) is 11.3 Å². The number of benzene rings is 1. The molecule has 1 aromatic heterocycles. The molecule has 0 amide bonds. The van der Waals surface area contributed by atoms with Crippen molar-refractivity contribution < 1.29 is 26.5 Å². The largest absolute Gasteiger partial charge is 0.673 e. The van der Waals surface area contributed by atoms with Crippen LogP contribution in [-0.4, -0.2) is 7.25 Å². The molecule has 0 aliphatic carbocycles. The third-order valence-corrected chi connectivity index (χ3v) is 2.41. The maximum absolute atomic E-state index is 9.75. The number of halogens is 4. The fourth-order valence-corrected chi connectivity index (χ4v) is 1.38. The zero-order chi connectivity index (χ0) is 14.6. The molecule has 2 aromatic rings. The lowest BCUT2D eigenvalue weighted by Gasteiger charge is -1.94. The number of hydrogen-bond acceptors (Lipinski definition) is 1. The minimum Gasteiger partial charge on any atom is -0.418 e. The Labute approximate surface area is 108 Å². The van der Waals surface area contributed by atoms with Crippen molar-refractivity contribution in [2.24, 2.45) is 7.05 Å². The van der Waals surface area contributed by atoms with Crippen molar-refractivity contribution in [1.29, 1.82) is 0 Å². The first kappa shape index (κ1) is 15.3. The highest BCUT2D eigenvalue weighted by atomic mass is 19.5. The molecule has 7 heteroatoms. The van der Waals surface area contributed by atoms with E-state index >= 15 is 0 Å². The van der Waals surface area contributed by atoms with Crippen LogP contribution >= 0.6 is 0 Å². The van der Waals surface area contributed by atoms with Crippen LogP contribution in [0.3, 0.4) is 0 Å². The molecular formula is C12H14BF4NO. The number of rotatable bonds is 1. The molecule has 0 saturated heterocycles. The van der Waals surface area contributed by atoms with Crippen LogP contribution in [0.4, 0.5) is 17.3 Å². The molecule has 0 aliphatic heterocycles. The van der Waals surface area contributed by atoms with Crippen LogP contribution in [-0.2, 0) is 7.05 Å². The van der Waals surface area contributed by atoms with Crippen molar-refractivity contribution in [3.63, 3.8) is 0 Å². The van der Waals surface area contributed by atoms with Crippen LogP contribution in [0.25, 0.3) is 11.3 Å². The summed E-state index contributed by atoms with van der Waals surface area (Å²) in [5.74, 6) is 0.921. The van der Waals surface area contributed by atoms with Gasteiger partial charge in [-0.2, -0.15) is 0 Å². The van der Waals surface area contributed by atoms with Gasteiger partial charge in [-0.25, -0.2) is 4.52 Å². The van der Waals surface area contributed by atoms with E-state index in [1.54, 1.807) is 4.74 Å². The first-order valence-corrected chi connectivity index (χ1v) is 5.58. The lowest BCUT2D eigenvalue weighted by molar-refractivity contribution is -0.847. The van der Waals surface area contributed by atoms with Gasteiger partial charge in [-0.1, -0.05) is 29.8 Å². The van der Waals surface area contributed by atoms with Gasteiger partial charge in [0.25, 0.3) is 0 Å². The van der Waals surface area contributed by atoms with Crippen molar-refractivity contribution in [2.45, 2.75) is 13.8 Å². The summed E-state index contributed by atoms with van der Waals surface area (Å²) in [5, 5.41) is 0. The molecule has 0 bridgehead atoms. The smallest absolute Gasteiger partial charge is 0.418 e. The Morgan fingerprint density at radius 3 is 1.84 bits per heavy atom. The van der Waals surface area contributed by atoms with Crippen LogP contribution in [0.1, 0.15) is 11.3 Å². The Balaban J connectivity index is 0.000000312. The van der Waals surface area contributed by atoms with E-state index in [0.717, 1.165) is 17.0 Å². The first-order chi connectivity index (χ1) is 8.66. The SMILES string of the molecule is Cc1ccc(-c2cc(C)[n+](C)o2)cc1.F[B-](F)(F)F. The van der Waals surface area contributed by atoms with Gasteiger partial charge in [0, 0.05) is 12.5 Å². The second-order valence-corrected chi connectivity index (χ2v) is 4.10. The second kappa shape index (κ2) is 5.90. The molecule has 0 aliphatic rings. The molecule has 2 nitrogen and oxygen atoms in total. The molecule has 0 saturated carbocycles. The van der Waals surface area contributed by atoms with Gasteiger partial charge in [0.1, 0.15) is 0 Å². The molecule has 0 spiro atoms. The predicted molar refractivity (Wildman–Crippen MR) is 65.0 cm³/mol. The number of nitrogens with zero attached hydrogens (tertiary/aromatic N) is 1. The van der Waals surface area contributed by atoms with Gasteiger partial charge >= 0.3 is 7.25 Å². The minimum atomic E-state index is -6.00. The Bertz CT molecular complexity index is 508. The monoisotopic (exact) mass is 275 g/mol. The average Bonchev–Trinajstić information content (AvgIpc) is 2.58. The lowest BCUT2D eigenvalue weighted by Crippen LogP contribution is -2.27.